The van der Waals surface area contributed by atoms with Gasteiger partial charge in [-0.15, -0.1) is 0 Å². The van der Waals surface area contributed by atoms with Crippen molar-refractivity contribution in [1.82, 2.24) is 15.4 Å². The van der Waals surface area contributed by atoms with Crippen LogP contribution in [0.3, 0.4) is 0 Å². The predicted octanol–water partition coefficient (Wildman–Crippen LogP) is 2.04. The molecule has 2 aromatic rings. The van der Waals surface area contributed by atoms with E-state index in [2.05, 4.69) is 10.5 Å². The molecule has 2 aliphatic rings. The van der Waals surface area contributed by atoms with Crippen LogP contribution < -0.4 is 10.1 Å². The topological polar surface area (TPSA) is 114 Å². The first-order valence-corrected chi connectivity index (χ1v) is 10.9. The number of hydrogen-bond donors (Lipinski definition) is 2. The predicted molar refractivity (Wildman–Crippen MR) is 114 cm³/mol. The molecule has 2 saturated heterocycles. The van der Waals surface area contributed by atoms with Gasteiger partial charge in [0.05, 0.1) is 18.2 Å². The number of halogens is 1. The van der Waals surface area contributed by atoms with Gasteiger partial charge in [0.25, 0.3) is 5.91 Å². The molecule has 2 amide bonds. The van der Waals surface area contributed by atoms with Gasteiger partial charge in [-0.05, 0) is 50.5 Å². The molecule has 33 heavy (non-hydrogen) atoms. The maximum Gasteiger partial charge on any atom is 0.276 e. The van der Waals surface area contributed by atoms with Crippen LogP contribution in [0.25, 0.3) is 0 Å². The molecular formula is C23H28FN3O6. The van der Waals surface area contributed by atoms with Crippen LogP contribution in [-0.2, 0) is 16.1 Å². The molecule has 1 aromatic carbocycles. The molecule has 0 saturated carbocycles. The Bertz CT molecular complexity index is 998. The molecule has 1 aromatic heterocycles. The molecule has 0 aliphatic carbocycles. The zero-order chi connectivity index (χ0) is 23.6. The van der Waals surface area contributed by atoms with E-state index in [4.69, 9.17) is 14.0 Å². The minimum Gasteiger partial charge on any atom is -0.486 e. The number of piperidine rings is 1. The Morgan fingerprint density at radius 1 is 1.30 bits per heavy atom. The average molecular weight is 461 g/mol. The molecule has 2 N–H and O–H groups in total. The SMILES string of the molecule is CC(=O)N[C@H]1CC2(CCN(C(=O)c3cc(COc4ccc(F)cc4)on3)CC2)OC[C@]1(C)O. The number of nitrogens with one attached hydrogen (secondary N) is 1. The Morgan fingerprint density at radius 2 is 2.00 bits per heavy atom. The molecule has 9 nitrogen and oxygen atoms in total. The number of carbonyl (C=O) groups excluding carboxylic acids is 2. The molecule has 10 heteroatoms. The standard InChI is InChI=1S/C23H28FN3O6/c1-15(28)25-20-12-23(32-14-22(20,2)30)7-9-27(10-8-23)21(29)19-11-18(33-26-19)13-31-17-5-3-16(24)4-6-17/h3-6,11,20,30H,7-10,12-14H2,1-2H3,(H,25,28)/t20-,22-/m0/s1. The number of ether oxygens (including phenoxy) is 2. The molecule has 2 atom stereocenters. The van der Waals surface area contributed by atoms with Crippen molar-refractivity contribution in [3.05, 3.63) is 47.6 Å². The van der Waals surface area contributed by atoms with Crippen molar-refractivity contribution < 1.29 is 33.1 Å². The molecule has 1 spiro atoms. The van der Waals surface area contributed by atoms with Crippen LogP contribution in [0.15, 0.2) is 34.9 Å². The summed E-state index contributed by atoms with van der Waals surface area (Å²) in [5, 5.41) is 17.3. The molecule has 3 heterocycles. The highest BCUT2D eigenvalue weighted by molar-refractivity contribution is 5.92. The van der Waals surface area contributed by atoms with Gasteiger partial charge in [-0.2, -0.15) is 0 Å². The molecule has 0 unspecified atom stereocenters. The average Bonchev–Trinajstić information content (AvgIpc) is 3.25. The summed E-state index contributed by atoms with van der Waals surface area (Å²) in [4.78, 5) is 26.1. The Kier molecular flexibility index (Phi) is 6.40. The molecule has 0 radical (unpaired) electrons. The quantitative estimate of drug-likeness (QED) is 0.700. The lowest BCUT2D eigenvalue weighted by Gasteiger charge is -2.50. The van der Waals surface area contributed by atoms with Crippen LogP contribution in [0.1, 0.15) is 49.4 Å². The highest BCUT2D eigenvalue weighted by Gasteiger charge is 2.49. The maximum absolute atomic E-state index is 13.0. The van der Waals surface area contributed by atoms with E-state index in [0.717, 1.165) is 0 Å². The monoisotopic (exact) mass is 461 g/mol. The number of carbonyl (C=O) groups is 2. The number of benzene rings is 1. The zero-order valence-corrected chi connectivity index (χ0v) is 18.7. The van der Waals surface area contributed by atoms with Crippen molar-refractivity contribution in [2.45, 2.75) is 57.0 Å². The number of hydrogen-bond acceptors (Lipinski definition) is 7. The Hall–Kier alpha value is -2.98. The fourth-order valence-electron chi connectivity index (χ4n) is 4.30. The number of amides is 2. The van der Waals surface area contributed by atoms with Crippen molar-refractivity contribution in [3.63, 3.8) is 0 Å². The third-order valence-electron chi connectivity index (χ3n) is 6.31. The second-order valence-electron chi connectivity index (χ2n) is 9.00. The summed E-state index contributed by atoms with van der Waals surface area (Å²) in [5.74, 6) is 0.0593. The zero-order valence-electron chi connectivity index (χ0n) is 18.7. The summed E-state index contributed by atoms with van der Waals surface area (Å²) in [6.07, 6.45) is 1.66. The lowest BCUT2D eigenvalue weighted by atomic mass is 9.77. The fourth-order valence-corrected chi connectivity index (χ4v) is 4.30. The van der Waals surface area contributed by atoms with E-state index in [0.29, 0.717) is 43.9 Å². The summed E-state index contributed by atoms with van der Waals surface area (Å²) >= 11 is 0. The van der Waals surface area contributed by atoms with E-state index in [1.54, 1.807) is 11.8 Å². The fraction of sp³-hybridized carbons (Fsp3) is 0.522. The molecule has 0 bridgehead atoms. The van der Waals surface area contributed by atoms with Crippen LogP contribution in [-0.4, -0.2) is 63.9 Å². The number of aromatic nitrogens is 1. The van der Waals surface area contributed by atoms with Crippen molar-refractivity contribution in [1.29, 1.82) is 0 Å². The van der Waals surface area contributed by atoms with Crippen molar-refractivity contribution >= 4 is 11.8 Å². The number of rotatable bonds is 5. The van der Waals surface area contributed by atoms with Crippen LogP contribution in [0.2, 0.25) is 0 Å². The second-order valence-corrected chi connectivity index (χ2v) is 9.00. The van der Waals surface area contributed by atoms with Gasteiger partial charge in [0.2, 0.25) is 5.91 Å². The number of aliphatic hydroxyl groups is 1. The normalized spacial score (nSPS) is 24.5. The van der Waals surface area contributed by atoms with E-state index in [-0.39, 0.29) is 36.5 Å². The van der Waals surface area contributed by atoms with Crippen LogP contribution >= 0.6 is 0 Å². The van der Waals surface area contributed by atoms with Gasteiger partial charge in [0, 0.05) is 26.1 Å². The largest absolute Gasteiger partial charge is 0.486 e. The van der Waals surface area contributed by atoms with Crippen molar-refractivity contribution in [3.8, 4) is 5.75 Å². The van der Waals surface area contributed by atoms with Crippen LogP contribution in [0.5, 0.6) is 5.75 Å². The Morgan fingerprint density at radius 3 is 2.67 bits per heavy atom. The van der Waals surface area contributed by atoms with E-state index in [1.165, 1.54) is 37.3 Å². The highest BCUT2D eigenvalue weighted by Crippen LogP contribution is 2.38. The lowest BCUT2D eigenvalue weighted by Crippen LogP contribution is -2.63. The molecular weight excluding hydrogens is 433 g/mol. The highest BCUT2D eigenvalue weighted by atomic mass is 19.1. The Balaban J connectivity index is 1.32. The Labute approximate surface area is 190 Å². The molecule has 2 aliphatic heterocycles. The van der Waals surface area contributed by atoms with Crippen molar-refractivity contribution in [2.24, 2.45) is 0 Å². The minimum atomic E-state index is -1.14. The van der Waals surface area contributed by atoms with Gasteiger partial charge in [0.15, 0.2) is 11.5 Å². The summed E-state index contributed by atoms with van der Waals surface area (Å²) in [6.45, 7) is 4.18. The molecule has 178 valence electrons. The first-order chi connectivity index (χ1) is 15.7. The lowest BCUT2D eigenvalue weighted by molar-refractivity contribution is -0.191. The van der Waals surface area contributed by atoms with Gasteiger partial charge in [-0.1, -0.05) is 5.16 Å². The van der Waals surface area contributed by atoms with Crippen molar-refractivity contribution in [2.75, 3.05) is 19.7 Å². The van der Waals surface area contributed by atoms with E-state index in [1.807, 2.05) is 0 Å². The maximum atomic E-state index is 13.0. The minimum absolute atomic E-state index is 0.0628. The van der Waals surface area contributed by atoms with Gasteiger partial charge in [-0.25, -0.2) is 4.39 Å². The summed E-state index contributed by atoms with van der Waals surface area (Å²) in [6, 6.07) is 6.73. The number of likely N-dealkylation sites (tertiary alicyclic amines) is 1. The third kappa shape index (κ3) is 5.33. The number of nitrogens with zero attached hydrogens (tertiary/aromatic N) is 2. The third-order valence-corrected chi connectivity index (χ3v) is 6.31. The smallest absolute Gasteiger partial charge is 0.276 e. The van der Waals surface area contributed by atoms with E-state index in [9.17, 15) is 19.1 Å². The van der Waals surface area contributed by atoms with Crippen LogP contribution in [0, 0.1) is 5.82 Å². The van der Waals surface area contributed by atoms with Gasteiger partial charge in [-0.3, -0.25) is 9.59 Å². The summed E-state index contributed by atoms with van der Waals surface area (Å²) < 4.78 is 29.8. The first kappa shape index (κ1) is 23.2. The first-order valence-electron chi connectivity index (χ1n) is 10.9. The molecule has 2 fully saturated rings. The van der Waals surface area contributed by atoms with E-state index < -0.39 is 17.2 Å². The summed E-state index contributed by atoms with van der Waals surface area (Å²) in [7, 11) is 0. The van der Waals surface area contributed by atoms with Gasteiger partial charge < -0.3 is 29.3 Å². The van der Waals surface area contributed by atoms with Gasteiger partial charge >= 0.3 is 0 Å². The second kappa shape index (κ2) is 9.11. The summed E-state index contributed by atoms with van der Waals surface area (Å²) in [5.41, 5.74) is -1.45. The molecule has 4 rings (SSSR count). The van der Waals surface area contributed by atoms with E-state index >= 15 is 0 Å². The van der Waals surface area contributed by atoms with Gasteiger partial charge in [0.1, 0.15) is 23.8 Å². The van der Waals surface area contributed by atoms with Crippen LogP contribution in [0.4, 0.5) is 4.39 Å².